The number of anilines is 1. The summed E-state index contributed by atoms with van der Waals surface area (Å²) in [4.78, 5) is 20.5. The Balaban J connectivity index is 2.14. The Morgan fingerprint density at radius 2 is 2.19 bits per heavy atom. The maximum Gasteiger partial charge on any atom is 0.283 e. The molecule has 2 aromatic rings. The van der Waals surface area contributed by atoms with E-state index in [0.29, 0.717) is 29.2 Å². The maximum atomic E-state index is 12.2. The van der Waals surface area contributed by atoms with Gasteiger partial charge in [-0.2, -0.15) is 5.10 Å². The highest BCUT2D eigenvalue weighted by Crippen LogP contribution is 2.17. The van der Waals surface area contributed by atoms with Crippen LogP contribution in [0.15, 0.2) is 27.7 Å². The minimum Gasteiger partial charge on any atom is -0.377 e. The number of rotatable bonds is 5. The van der Waals surface area contributed by atoms with E-state index < -0.39 is 0 Å². The predicted molar refractivity (Wildman–Crippen MR) is 85.1 cm³/mol. The maximum absolute atomic E-state index is 12.2. The van der Waals surface area contributed by atoms with Gasteiger partial charge >= 0.3 is 0 Å². The van der Waals surface area contributed by atoms with Crippen LogP contribution in [0, 0.1) is 12.8 Å². The molecule has 2 heterocycles. The third kappa shape index (κ3) is 4.10. The number of aryl methyl sites for hydroxylation is 1. The molecule has 2 rings (SSSR count). The van der Waals surface area contributed by atoms with Gasteiger partial charge in [0.2, 0.25) is 0 Å². The molecule has 0 radical (unpaired) electrons. The number of hydrogen-bond donors (Lipinski definition) is 1. The lowest BCUT2D eigenvalue weighted by atomic mass is 10.2. The summed E-state index contributed by atoms with van der Waals surface area (Å²) in [6.45, 7) is 7.05. The van der Waals surface area contributed by atoms with Crippen LogP contribution in [0.1, 0.15) is 25.4 Å². The quantitative estimate of drug-likeness (QED) is 0.895. The van der Waals surface area contributed by atoms with Gasteiger partial charge in [0.05, 0.1) is 24.1 Å². The van der Waals surface area contributed by atoms with Gasteiger partial charge in [0.15, 0.2) is 0 Å². The van der Waals surface area contributed by atoms with Gasteiger partial charge in [-0.1, -0.05) is 13.8 Å². The van der Waals surface area contributed by atoms with Crippen molar-refractivity contribution < 1.29 is 0 Å². The zero-order valence-corrected chi connectivity index (χ0v) is 13.9. The smallest absolute Gasteiger partial charge is 0.283 e. The third-order valence-electron chi connectivity index (χ3n) is 2.82. The molecule has 0 aliphatic heterocycles. The van der Waals surface area contributed by atoms with E-state index in [0.717, 1.165) is 11.5 Å². The summed E-state index contributed by atoms with van der Waals surface area (Å²) in [5.74, 6) is 1.09. The molecule has 0 unspecified atom stereocenters. The number of aromatic nitrogens is 4. The summed E-state index contributed by atoms with van der Waals surface area (Å²) in [5.41, 5.74) is 1.39. The molecule has 0 amide bonds. The lowest BCUT2D eigenvalue weighted by molar-refractivity contribution is 0.462. The summed E-state index contributed by atoms with van der Waals surface area (Å²) < 4.78 is 1.96. The van der Waals surface area contributed by atoms with Crippen molar-refractivity contribution in [3.8, 4) is 0 Å². The molecule has 0 spiro atoms. The van der Waals surface area contributed by atoms with Crippen LogP contribution < -0.4 is 10.9 Å². The van der Waals surface area contributed by atoms with Crippen molar-refractivity contribution >= 4 is 21.6 Å². The molecule has 2 aromatic heterocycles. The molecular weight excluding hydrogens is 334 g/mol. The van der Waals surface area contributed by atoms with E-state index >= 15 is 0 Å². The molecule has 0 fully saturated rings. The van der Waals surface area contributed by atoms with E-state index in [1.165, 1.54) is 4.68 Å². The monoisotopic (exact) mass is 351 g/mol. The van der Waals surface area contributed by atoms with E-state index in [2.05, 4.69) is 36.3 Å². The lowest BCUT2D eigenvalue weighted by Gasteiger charge is -2.11. The molecular formula is C14H18BrN5O. The Kier molecular flexibility index (Phi) is 5.06. The summed E-state index contributed by atoms with van der Waals surface area (Å²) in [6.07, 6.45) is 3.37. The van der Waals surface area contributed by atoms with Gasteiger partial charge in [0, 0.05) is 12.7 Å². The highest BCUT2D eigenvalue weighted by molar-refractivity contribution is 9.10. The minimum atomic E-state index is -0.132. The molecule has 0 bridgehead atoms. The minimum absolute atomic E-state index is 0.132. The van der Waals surface area contributed by atoms with Crippen LogP contribution >= 0.6 is 15.9 Å². The Morgan fingerprint density at radius 3 is 2.86 bits per heavy atom. The summed E-state index contributed by atoms with van der Waals surface area (Å²) >= 11 is 3.34. The first-order chi connectivity index (χ1) is 9.97. The standard InChI is InChI=1S/C14H18BrN5O/c1-9(2)8-20-14(21)13(15)12(7-18-20)17-6-11-4-5-16-10(3)19-11/h4-5,7,9,17H,6,8H2,1-3H3. The van der Waals surface area contributed by atoms with Crippen LogP contribution in [0.2, 0.25) is 0 Å². The van der Waals surface area contributed by atoms with Crippen molar-refractivity contribution in [2.75, 3.05) is 5.32 Å². The molecule has 1 N–H and O–H groups in total. The van der Waals surface area contributed by atoms with Gasteiger partial charge in [-0.3, -0.25) is 4.79 Å². The SMILES string of the molecule is Cc1nccc(CNc2cnn(CC(C)C)c(=O)c2Br)n1. The second kappa shape index (κ2) is 6.80. The van der Waals surface area contributed by atoms with Crippen LogP contribution in [0.5, 0.6) is 0 Å². The van der Waals surface area contributed by atoms with Crippen LogP contribution in [0.3, 0.4) is 0 Å². The first-order valence-corrected chi connectivity index (χ1v) is 7.54. The first kappa shape index (κ1) is 15.6. The molecule has 21 heavy (non-hydrogen) atoms. The van der Waals surface area contributed by atoms with Gasteiger partial charge in [0.1, 0.15) is 10.3 Å². The lowest BCUT2D eigenvalue weighted by Crippen LogP contribution is -2.26. The number of halogens is 1. The predicted octanol–water partition coefficient (Wildman–Crippen LogP) is 2.37. The van der Waals surface area contributed by atoms with Crippen LogP contribution in [-0.4, -0.2) is 19.7 Å². The summed E-state index contributed by atoms with van der Waals surface area (Å²) in [5, 5.41) is 7.35. The van der Waals surface area contributed by atoms with E-state index in [-0.39, 0.29) is 5.56 Å². The summed E-state index contributed by atoms with van der Waals surface area (Å²) in [6, 6.07) is 1.83. The fourth-order valence-corrected chi connectivity index (χ4v) is 2.30. The van der Waals surface area contributed by atoms with E-state index in [1.54, 1.807) is 12.4 Å². The van der Waals surface area contributed by atoms with Crippen molar-refractivity contribution in [2.24, 2.45) is 5.92 Å². The Hall–Kier alpha value is -1.76. The zero-order valence-electron chi connectivity index (χ0n) is 12.3. The van der Waals surface area contributed by atoms with Crippen molar-refractivity contribution in [3.05, 3.63) is 44.8 Å². The summed E-state index contributed by atoms with van der Waals surface area (Å²) in [7, 11) is 0. The topological polar surface area (TPSA) is 72.7 Å². The Morgan fingerprint density at radius 1 is 1.43 bits per heavy atom. The number of nitrogens with zero attached hydrogens (tertiary/aromatic N) is 4. The third-order valence-corrected chi connectivity index (χ3v) is 3.58. The Bertz CT molecular complexity index is 683. The molecule has 0 aliphatic rings. The van der Waals surface area contributed by atoms with Gasteiger partial charge < -0.3 is 5.32 Å². The largest absolute Gasteiger partial charge is 0.377 e. The number of hydrogen-bond acceptors (Lipinski definition) is 5. The fourth-order valence-electron chi connectivity index (χ4n) is 1.85. The molecule has 0 atom stereocenters. The highest BCUT2D eigenvalue weighted by atomic mass is 79.9. The number of nitrogens with one attached hydrogen (secondary N) is 1. The molecule has 7 heteroatoms. The normalized spacial score (nSPS) is 10.9. The van der Waals surface area contributed by atoms with Crippen molar-refractivity contribution in [2.45, 2.75) is 33.9 Å². The molecule has 0 aromatic carbocycles. The van der Waals surface area contributed by atoms with Gasteiger partial charge in [0.25, 0.3) is 5.56 Å². The van der Waals surface area contributed by atoms with Crippen molar-refractivity contribution in [1.29, 1.82) is 0 Å². The van der Waals surface area contributed by atoms with E-state index in [1.807, 2.05) is 26.8 Å². The molecule has 6 nitrogen and oxygen atoms in total. The highest BCUT2D eigenvalue weighted by Gasteiger charge is 2.09. The Labute approximate surface area is 131 Å². The second-order valence-electron chi connectivity index (χ2n) is 5.20. The first-order valence-electron chi connectivity index (χ1n) is 6.75. The molecule has 0 saturated carbocycles. The van der Waals surface area contributed by atoms with Gasteiger partial charge in [-0.05, 0) is 34.8 Å². The average molecular weight is 352 g/mol. The van der Waals surface area contributed by atoms with Crippen molar-refractivity contribution in [1.82, 2.24) is 19.7 Å². The molecule has 112 valence electrons. The average Bonchev–Trinajstić information content (AvgIpc) is 2.43. The van der Waals surface area contributed by atoms with Crippen molar-refractivity contribution in [3.63, 3.8) is 0 Å². The van der Waals surface area contributed by atoms with Gasteiger partial charge in [-0.25, -0.2) is 14.6 Å². The molecule has 0 aliphatic carbocycles. The fraction of sp³-hybridized carbons (Fsp3) is 0.429. The van der Waals surface area contributed by atoms with E-state index in [9.17, 15) is 4.79 Å². The van der Waals surface area contributed by atoms with Crippen LogP contribution in [0.4, 0.5) is 5.69 Å². The van der Waals surface area contributed by atoms with E-state index in [4.69, 9.17) is 0 Å². The molecule has 0 saturated heterocycles. The second-order valence-corrected chi connectivity index (χ2v) is 6.00. The van der Waals surface area contributed by atoms with Crippen LogP contribution in [-0.2, 0) is 13.1 Å². The van der Waals surface area contributed by atoms with Crippen LogP contribution in [0.25, 0.3) is 0 Å². The van der Waals surface area contributed by atoms with Gasteiger partial charge in [-0.15, -0.1) is 0 Å². The zero-order chi connectivity index (χ0) is 15.4.